The number of hydrogen-bond acceptors (Lipinski definition) is 3. The van der Waals surface area contributed by atoms with Crippen LogP contribution in [0.5, 0.6) is 5.75 Å². The summed E-state index contributed by atoms with van der Waals surface area (Å²) in [5, 5.41) is 11.2. The Kier molecular flexibility index (Phi) is 4.52. The van der Waals surface area contributed by atoms with E-state index in [-0.39, 0.29) is 12.5 Å². The molecule has 0 saturated carbocycles. The van der Waals surface area contributed by atoms with Crippen molar-refractivity contribution < 1.29 is 13.9 Å². The zero-order valence-corrected chi connectivity index (χ0v) is 11.4. The van der Waals surface area contributed by atoms with Crippen molar-refractivity contribution >= 4 is 11.6 Å². The molecule has 0 saturated heterocycles. The van der Waals surface area contributed by atoms with E-state index in [0.29, 0.717) is 17.0 Å². The van der Waals surface area contributed by atoms with E-state index in [2.05, 4.69) is 5.32 Å². The third kappa shape index (κ3) is 4.32. The Morgan fingerprint density at radius 2 is 2.00 bits per heavy atom. The lowest BCUT2D eigenvalue weighted by molar-refractivity contribution is -0.118. The van der Waals surface area contributed by atoms with Crippen molar-refractivity contribution in [1.82, 2.24) is 0 Å². The molecular weight excluding hydrogens is 271 g/mol. The lowest BCUT2D eigenvalue weighted by Crippen LogP contribution is -2.20. The molecule has 1 amide bonds. The smallest absolute Gasteiger partial charge is 0.262 e. The molecule has 0 unspecified atom stereocenters. The van der Waals surface area contributed by atoms with Crippen LogP contribution in [0.1, 0.15) is 11.1 Å². The monoisotopic (exact) mass is 284 g/mol. The highest BCUT2D eigenvalue weighted by atomic mass is 19.1. The highest BCUT2D eigenvalue weighted by molar-refractivity contribution is 5.91. The summed E-state index contributed by atoms with van der Waals surface area (Å²) in [6.07, 6.45) is 0. The van der Waals surface area contributed by atoms with Gasteiger partial charge in [0.05, 0.1) is 11.6 Å². The predicted octanol–water partition coefficient (Wildman–Crippen LogP) is 3.02. The number of carbonyl (C=O) groups is 1. The third-order valence-electron chi connectivity index (χ3n) is 2.68. The van der Waals surface area contributed by atoms with E-state index in [1.807, 2.05) is 6.07 Å². The molecule has 0 heterocycles. The summed E-state index contributed by atoms with van der Waals surface area (Å²) in [4.78, 5) is 11.7. The highest BCUT2D eigenvalue weighted by Crippen LogP contribution is 2.14. The number of nitrogens with zero attached hydrogens (tertiary/aromatic N) is 1. The maximum atomic E-state index is 13.2. The molecule has 0 bridgehead atoms. The zero-order chi connectivity index (χ0) is 15.2. The zero-order valence-electron chi connectivity index (χ0n) is 11.4. The van der Waals surface area contributed by atoms with E-state index in [1.165, 1.54) is 12.1 Å². The molecule has 4 nitrogen and oxygen atoms in total. The van der Waals surface area contributed by atoms with Crippen LogP contribution in [0.4, 0.5) is 10.1 Å². The van der Waals surface area contributed by atoms with Crippen LogP contribution in [0, 0.1) is 24.1 Å². The quantitative estimate of drug-likeness (QED) is 0.938. The molecule has 106 valence electrons. The molecule has 1 N–H and O–H groups in total. The van der Waals surface area contributed by atoms with E-state index in [9.17, 15) is 9.18 Å². The van der Waals surface area contributed by atoms with Gasteiger partial charge in [-0.15, -0.1) is 0 Å². The van der Waals surface area contributed by atoms with Crippen LogP contribution < -0.4 is 10.1 Å². The van der Waals surface area contributed by atoms with Gasteiger partial charge in [-0.3, -0.25) is 4.79 Å². The summed E-state index contributed by atoms with van der Waals surface area (Å²) in [6.45, 7) is 1.55. The van der Waals surface area contributed by atoms with E-state index in [0.717, 1.165) is 5.56 Å². The number of amides is 1. The Morgan fingerprint density at radius 1 is 1.29 bits per heavy atom. The summed E-state index contributed by atoms with van der Waals surface area (Å²) in [5.41, 5.74) is 1.63. The average Bonchev–Trinajstić information content (AvgIpc) is 2.44. The topological polar surface area (TPSA) is 62.1 Å². The number of halogens is 1. The summed E-state index contributed by atoms with van der Waals surface area (Å²) in [5.74, 6) is -0.303. The predicted molar refractivity (Wildman–Crippen MR) is 76.4 cm³/mol. The van der Waals surface area contributed by atoms with E-state index >= 15 is 0 Å². The first-order valence-electron chi connectivity index (χ1n) is 6.27. The van der Waals surface area contributed by atoms with Crippen LogP contribution in [0.25, 0.3) is 0 Å². The lowest BCUT2D eigenvalue weighted by Gasteiger charge is -2.08. The van der Waals surface area contributed by atoms with Gasteiger partial charge >= 0.3 is 0 Å². The van der Waals surface area contributed by atoms with E-state index < -0.39 is 5.82 Å². The molecule has 2 aromatic carbocycles. The molecule has 0 aliphatic rings. The van der Waals surface area contributed by atoms with Gasteiger partial charge < -0.3 is 10.1 Å². The van der Waals surface area contributed by atoms with Crippen LogP contribution in [0.3, 0.4) is 0 Å². The van der Waals surface area contributed by atoms with Gasteiger partial charge in [0.1, 0.15) is 11.6 Å². The van der Waals surface area contributed by atoms with Gasteiger partial charge in [0, 0.05) is 5.69 Å². The molecule has 2 rings (SSSR count). The molecular formula is C16H13FN2O2. The maximum Gasteiger partial charge on any atom is 0.262 e. The number of hydrogen-bond donors (Lipinski definition) is 1. The molecule has 21 heavy (non-hydrogen) atoms. The van der Waals surface area contributed by atoms with Crippen LogP contribution in [-0.4, -0.2) is 12.5 Å². The van der Waals surface area contributed by atoms with Crippen molar-refractivity contribution in [2.75, 3.05) is 11.9 Å². The van der Waals surface area contributed by atoms with E-state index in [4.69, 9.17) is 10.00 Å². The number of benzene rings is 2. The van der Waals surface area contributed by atoms with E-state index in [1.54, 1.807) is 37.3 Å². The average molecular weight is 284 g/mol. The van der Waals surface area contributed by atoms with Crippen LogP contribution in [0.15, 0.2) is 42.5 Å². The minimum absolute atomic E-state index is 0.193. The molecule has 0 aliphatic carbocycles. The van der Waals surface area contributed by atoms with Gasteiger partial charge in [0.25, 0.3) is 5.91 Å². The summed E-state index contributed by atoms with van der Waals surface area (Å²) in [7, 11) is 0. The van der Waals surface area contributed by atoms with Crippen molar-refractivity contribution in [3.05, 3.63) is 59.4 Å². The lowest BCUT2D eigenvalue weighted by atomic mass is 10.2. The summed E-state index contributed by atoms with van der Waals surface area (Å²) in [6, 6.07) is 12.7. The minimum atomic E-state index is -0.404. The second-order valence-electron chi connectivity index (χ2n) is 4.49. The summed E-state index contributed by atoms with van der Waals surface area (Å²) < 4.78 is 18.5. The second-order valence-corrected chi connectivity index (χ2v) is 4.49. The number of aryl methyl sites for hydroxylation is 1. The van der Waals surface area contributed by atoms with Gasteiger partial charge in [0.15, 0.2) is 6.61 Å². The van der Waals surface area contributed by atoms with Crippen LogP contribution in [0.2, 0.25) is 0 Å². The Hall–Kier alpha value is -2.87. The van der Waals surface area contributed by atoms with Crippen LogP contribution >= 0.6 is 0 Å². The van der Waals surface area contributed by atoms with Crippen molar-refractivity contribution in [3.63, 3.8) is 0 Å². The van der Waals surface area contributed by atoms with Crippen molar-refractivity contribution in [2.45, 2.75) is 6.92 Å². The number of nitrogens with one attached hydrogen (secondary N) is 1. The van der Waals surface area contributed by atoms with Crippen LogP contribution in [-0.2, 0) is 4.79 Å². The first-order chi connectivity index (χ1) is 10.1. The SMILES string of the molecule is Cc1cc(F)cc(NC(=O)COc2ccc(C#N)cc2)c1. The fourth-order valence-electron chi connectivity index (χ4n) is 1.78. The second kappa shape index (κ2) is 6.53. The Bertz CT molecular complexity index is 670. The molecule has 0 aromatic heterocycles. The first-order valence-corrected chi connectivity index (χ1v) is 6.27. The number of anilines is 1. The Morgan fingerprint density at radius 3 is 2.62 bits per heavy atom. The number of nitriles is 1. The van der Waals surface area contributed by atoms with Gasteiger partial charge in [-0.2, -0.15) is 5.26 Å². The molecule has 0 atom stereocenters. The molecule has 0 spiro atoms. The first kappa shape index (κ1) is 14.5. The number of carbonyl (C=O) groups excluding carboxylic acids is 1. The minimum Gasteiger partial charge on any atom is -0.484 e. The van der Waals surface area contributed by atoms with Gasteiger partial charge in [-0.25, -0.2) is 4.39 Å². The molecule has 0 radical (unpaired) electrons. The van der Waals surface area contributed by atoms with Crippen molar-refractivity contribution in [2.24, 2.45) is 0 Å². The largest absolute Gasteiger partial charge is 0.484 e. The Balaban J connectivity index is 1.91. The Labute approximate surface area is 121 Å². The summed E-state index contributed by atoms with van der Waals surface area (Å²) >= 11 is 0. The highest BCUT2D eigenvalue weighted by Gasteiger charge is 2.05. The standard InChI is InChI=1S/C16H13FN2O2/c1-11-6-13(17)8-14(7-11)19-16(20)10-21-15-4-2-12(9-18)3-5-15/h2-8H,10H2,1H3,(H,19,20). The third-order valence-corrected chi connectivity index (χ3v) is 2.68. The van der Waals surface area contributed by atoms with Crippen molar-refractivity contribution in [1.29, 1.82) is 5.26 Å². The molecule has 0 aliphatic heterocycles. The molecule has 2 aromatic rings. The molecule has 0 fully saturated rings. The van der Waals surface area contributed by atoms with Gasteiger partial charge in [-0.1, -0.05) is 0 Å². The van der Waals surface area contributed by atoms with Gasteiger partial charge in [0.2, 0.25) is 0 Å². The number of rotatable bonds is 4. The van der Waals surface area contributed by atoms with Crippen molar-refractivity contribution in [3.8, 4) is 11.8 Å². The molecule has 5 heteroatoms. The normalized spacial score (nSPS) is 9.76. The number of ether oxygens (including phenoxy) is 1. The van der Waals surface area contributed by atoms with Gasteiger partial charge in [-0.05, 0) is 55.0 Å². The fraction of sp³-hybridized carbons (Fsp3) is 0.125. The maximum absolute atomic E-state index is 13.2. The fourth-order valence-corrected chi connectivity index (χ4v) is 1.78.